The smallest absolute Gasteiger partial charge is 0.316 e. The summed E-state index contributed by atoms with van der Waals surface area (Å²) in [7, 11) is 3.51. The van der Waals surface area contributed by atoms with Crippen molar-refractivity contribution < 1.29 is 9.15 Å². The number of aryl methyl sites for hydroxylation is 3. The second-order valence-corrected chi connectivity index (χ2v) is 32.3. The van der Waals surface area contributed by atoms with Crippen molar-refractivity contribution in [1.82, 2.24) is 54.9 Å². The van der Waals surface area contributed by atoms with Crippen LogP contribution in [0.2, 0.25) is 0 Å². The molecule has 8 aromatic heterocycles. The molecule has 562 valence electrons. The van der Waals surface area contributed by atoms with Gasteiger partial charge in [0.25, 0.3) is 0 Å². The molecule has 0 unspecified atom stereocenters. The van der Waals surface area contributed by atoms with Crippen molar-refractivity contribution in [2.45, 2.75) is 210 Å². The summed E-state index contributed by atoms with van der Waals surface area (Å²) in [6.45, 7) is 44.3. The number of pyridine rings is 1. The average Bonchev–Trinajstić information content (AvgIpc) is 1.69. The molecule has 0 radical (unpaired) electrons. The Morgan fingerprint density at radius 1 is 0.495 bits per heavy atom. The zero-order chi connectivity index (χ0) is 77.4. The molecular weight excluding hydrogens is 1360 g/mol. The van der Waals surface area contributed by atoms with Crippen LogP contribution in [0.15, 0.2) is 192 Å². The fourth-order valence-corrected chi connectivity index (χ4v) is 12.8. The summed E-state index contributed by atoms with van der Waals surface area (Å²) in [6, 6.07) is 45.3. The number of H-pyrrole nitrogens is 1. The van der Waals surface area contributed by atoms with Gasteiger partial charge in [-0.1, -0.05) is 173 Å². The highest BCUT2D eigenvalue weighted by atomic mass is 32.1. The number of hydrogen-bond donors (Lipinski definition) is 1. The van der Waals surface area contributed by atoms with Crippen LogP contribution in [0, 0.1) is 13.8 Å². The first-order valence-corrected chi connectivity index (χ1v) is 39.6. The Morgan fingerprint density at radius 3 is 1.57 bits per heavy atom. The first-order valence-electron chi connectivity index (χ1n) is 37.9. The Morgan fingerprint density at radius 2 is 1.01 bits per heavy atom. The highest BCUT2D eigenvalue weighted by Crippen LogP contribution is 2.38. The number of methoxy groups -OCH3 is 1. The van der Waals surface area contributed by atoms with Crippen LogP contribution in [-0.2, 0) is 7.05 Å². The fourth-order valence-electron chi connectivity index (χ4n) is 11.2. The lowest BCUT2D eigenvalue weighted by Crippen LogP contribution is -2.21. The van der Waals surface area contributed by atoms with Crippen LogP contribution in [0.1, 0.15) is 263 Å². The van der Waals surface area contributed by atoms with Crippen LogP contribution < -0.4 is 15.3 Å². The fraction of sp³-hybridized carbons (Fsp3) is 0.385. The zero-order valence-electron chi connectivity index (χ0n) is 67.3. The molecule has 0 bridgehead atoms. The van der Waals surface area contributed by atoms with Gasteiger partial charge >= 0.3 is 6.01 Å². The van der Waals surface area contributed by atoms with Gasteiger partial charge in [-0.05, 0) is 220 Å². The third-order valence-corrected chi connectivity index (χ3v) is 20.3. The minimum atomic E-state index is 0.425. The van der Waals surface area contributed by atoms with Crippen molar-refractivity contribution in [3.05, 3.63) is 260 Å². The standard InChI is InChI=1S/2C11H14N2.C11H13NS.C11H13N.C11H12O.C10H14N2.C10H11NS.C8H12N2O.C8H11N/c1-8(2)9-4-5-11-10(6-9)7-13(3)12-11;1-7(2)9-4-5-11-10(6-9)8(3)12-13-11;1-7(2)9-4-5-10-11(6-9)13-8(3)12-10;2*1-8(2)9-3-4-11-10(7-9)5-6-12-11;1-7(2)9-5-11-10(12-6-9)8-3-4-8;1-7(2)8-3-4-9-10(5-8)12-6-11-9;1-6(2)7-4-9-8(11-3)10-5-7;1-7(2)8-4-3-5-9-6-8/h4-8H,1-3H3;4-7H,1-3H3,(H,12,13);4-7H,1-3H3;3-5,7-8H,6H2,1-2H3;3-8H,1-2H3;5-8H,3-4H2,1-2H3;3-7H,1-2H3;4-6H,1-3H3;3-7H,1-2H3. The number of aromatic nitrogens is 11. The van der Waals surface area contributed by atoms with E-state index in [1.165, 1.54) is 88.1 Å². The molecule has 14 aromatic rings. The Bertz CT molecular complexity index is 4940. The summed E-state index contributed by atoms with van der Waals surface area (Å²) < 4.78 is 14.5. The predicted octanol–water partition coefficient (Wildman–Crippen LogP) is 23.9. The maximum atomic E-state index is 5.25. The van der Waals surface area contributed by atoms with Crippen LogP contribution in [-0.4, -0.2) is 68.5 Å². The van der Waals surface area contributed by atoms with Gasteiger partial charge < -0.3 is 9.15 Å². The van der Waals surface area contributed by atoms with Crippen LogP contribution in [0.3, 0.4) is 0 Å². The molecule has 1 aliphatic heterocycles. The highest BCUT2D eigenvalue weighted by molar-refractivity contribution is 7.18. The minimum absolute atomic E-state index is 0.425. The molecule has 1 saturated carbocycles. The molecule has 14 nitrogen and oxygen atoms in total. The number of ether oxygens (including phenoxy) is 1. The van der Waals surface area contributed by atoms with Crippen LogP contribution in [0.5, 0.6) is 6.01 Å². The van der Waals surface area contributed by atoms with Gasteiger partial charge in [0, 0.05) is 78.2 Å². The SMILES string of the molecule is CC(C)c1ccc2c(c1)=CCN=2.CC(C)c1ccc2ncsc2c1.CC(C)c1ccc2nn(C)cc2c1.CC(C)c1ccc2occc2c1.CC(C)c1cccnc1.CC(C)c1cnc(C2CC2)nc1.COc1ncc(C(C)C)cn1.Cc1[nH]nc2ccc(C(C)C)cc12.Cc1nc2ccc(C(C)C)cc2s1. The van der Waals surface area contributed by atoms with Crippen molar-refractivity contribution in [1.29, 1.82) is 0 Å². The number of hydrogen-bond acceptors (Lipinski definition) is 14. The molecule has 0 amide bonds. The van der Waals surface area contributed by atoms with Crippen molar-refractivity contribution in [2.24, 2.45) is 12.0 Å². The Hall–Kier alpha value is -9.64. The van der Waals surface area contributed by atoms with Crippen LogP contribution in [0.25, 0.3) is 59.3 Å². The van der Waals surface area contributed by atoms with Gasteiger partial charge in [0.1, 0.15) is 11.4 Å². The van der Waals surface area contributed by atoms with Gasteiger partial charge in [-0.25, -0.2) is 29.9 Å². The lowest BCUT2D eigenvalue weighted by molar-refractivity contribution is 0.379. The minimum Gasteiger partial charge on any atom is -0.467 e. The molecule has 0 spiro atoms. The van der Waals surface area contributed by atoms with Crippen molar-refractivity contribution in [2.75, 3.05) is 13.7 Å². The maximum Gasteiger partial charge on any atom is 0.316 e. The topological polar surface area (TPSA) is 171 Å². The Balaban J connectivity index is 0.000000152. The van der Waals surface area contributed by atoms with Gasteiger partial charge in [0.15, 0.2) is 0 Å². The van der Waals surface area contributed by atoms with E-state index in [-0.39, 0.29) is 0 Å². The lowest BCUT2D eigenvalue weighted by Gasteiger charge is -2.04. The molecule has 16 rings (SSSR count). The summed E-state index contributed by atoms with van der Waals surface area (Å²) in [6.07, 6.45) is 19.7. The van der Waals surface area contributed by atoms with E-state index in [1.807, 2.05) is 54.0 Å². The summed E-state index contributed by atoms with van der Waals surface area (Å²) in [5.74, 6) is 6.91. The molecule has 1 fully saturated rings. The number of thiazole rings is 2. The number of nitrogens with one attached hydrogen (secondary N) is 1. The number of rotatable bonds is 11. The summed E-state index contributed by atoms with van der Waals surface area (Å²) in [5, 5.41) is 18.8. The van der Waals surface area contributed by atoms with E-state index in [9.17, 15) is 0 Å². The summed E-state index contributed by atoms with van der Waals surface area (Å²) in [5.41, 5.74) is 20.4. The quantitative estimate of drug-likeness (QED) is 0.131. The predicted molar refractivity (Wildman–Crippen MR) is 452 cm³/mol. The average molecular weight is 1470 g/mol. The maximum absolute atomic E-state index is 5.25. The van der Waals surface area contributed by atoms with Crippen LogP contribution >= 0.6 is 22.7 Å². The zero-order valence-corrected chi connectivity index (χ0v) is 69.0. The van der Waals surface area contributed by atoms with E-state index in [4.69, 9.17) is 9.15 Å². The third-order valence-electron chi connectivity index (χ3n) is 18.5. The molecule has 16 heteroatoms. The molecule has 9 heterocycles. The molecular formula is C91H114N12O2S2. The van der Waals surface area contributed by atoms with E-state index in [1.54, 1.807) is 54.6 Å². The second-order valence-electron chi connectivity index (χ2n) is 30.2. The lowest BCUT2D eigenvalue weighted by atomic mass is 10.0. The third kappa shape index (κ3) is 25.2. The molecule has 1 N–H and O–H groups in total. The van der Waals surface area contributed by atoms with Gasteiger partial charge in [-0.2, -0.15) is 10.2 Å². The first kappa shape index (κ1) is 83.0. The van der Waals surface area contributed by atoms with E-state index >= 15 is 0 Å². The molecule has 2 aliphatic rings. The van der Waals surface area contributed by atoms with Crippen LogP contribution in [0.4, 0.5) is 0 Å². The van der Waals surface area contributed by atoms with Gasteiger partial charge in [-0.15, -0.1) is 22.7 Å². The van der Waals surface area contributed by atoms with E-state index in [0.29, 0.717) is 65.2 Å². The number of fused-ring (bicyclic) bond motifs is 6. The first-order chi connectivity index (χ1) is 51.1. The van der Waals surface area contributed by atoms with Gasteiger partial charge in [0.05, 0.1) is 67.3 Å². The largest absolute Gasteiger partial charge is 0.467 e. The monoisotopic (exact) mass is 1470 g/mol. The molecule has 0 saturated heterocycles. The summed E-state index contributed by atoms with van der Waals surface area (Å²) in [4.78, 5) is 33.7. The number of benzene rings is 6. The molecule has 6 aromatic carbocycles. The number of furan rings is 1. The highest BCUT2D eigenvalue weighted by Gasteiger charge is 2.26. The van der Waals surface area contributed by atoms with Crippen molar-refractivity contribution in [3.8, 4) is 6.01 Å². The van der Waals surface area contributed by atoms with Crippen molar-refractivity contribution >= 4 is 82.0 Å². The normalized spacial score (nSPS) is 12.0. The molecule has 0 atom stereocenters. The number of nitrogens with zero attached hydrogens (tertiary/aromatic N) is 11. The van der Waals surface area contributed by atoms with Gasteiger partial charge in [-0.3, -0.25) is 19.8 Å². The van der Waals surface area contributed by atoms with E-state index in [2.05, 4.69) is 315 Å². The molecule has 1 aliphatic carbocycles. The summed E-state index contributed by atoms with van der Waals surface area (Å²) >= 11 is 3.48. The van der Waals surface area contributed by atoms with E-state index in [0.717, 1.165) is 61.6 Å². The second kappa shape index (κ2) is 40.4. The van der Waals surface area contributed by atoms with Crippen molar-refractivity contribution in [3.63, 3.8) is 0 Å². The van der Waals surface area contributed by atoms with E-state index < -0.39 is 0 Å². The molecule has 107 heavy (non-hydrogen) atoms. The Kier molecular flexibility index (Phi) is 31.3. The van der Waals surface area contributed by atoms with Gasteiger partial charge in [0.2, 0.25) is 0 Å². The number of aromatic amines is 1. The Labute approximate surface area is 643 Å².